The first-order chi connectivity index (χ1) is 6.29. The molecule has 0 radical (unpaired) electrons. The fourth-order valence-corrected chi connectivity index (χ4v) is 2.93. The Labute approximate surface area is 91.6 Å². The molecule has 0 aliphatic carbocycles. The molecule has 1 atom stereocenters. The van der Waals surface area contributed by atoms with E-state index in [2.05, 4.69) is 27.3 Å². The smallest absolute Gasteiger partial charge is 0.0452 e. The molecule has 1 unspecified atom stereocenters. The summed E-state index contributed by atoms with van der Waals surface area (Å²) in [6.07, 6.45) is 1.18. The van der Waals surface area contributed by atoms with Crippen LogP contribution in [0.2, 0.25) is 5.02 Å². The molecule has 1 nitrogen and oxygen atoms in total. The summed E-state index contributed by atoms with van der Waals surface area (Å²) < 4.78 is 1.13. The van der Waals surface area contributed by atoms with Crippen molar-refractivity contribution in [3.05, 3.63) is 33.3 Å². The van der Waals surface area contributed by atoms with Crippen LogP contribution in [-0.2, 0) is 0 Å². The molecule has 0 spiro atoms. The minimum Gasteiger partial charge on any atom is -0.316 e. The van der Waals surface area contributed by atoms with Crippen LogP contribution >= 0.6 is 27.5 Å². The molecule has 1 aliphatic rings. The van der Waals surface area contributed by atoms with E-state index in [0.717, 1.165) is 22.6 Å². The van der Waals surface area contributed by atoms with E-state index in [-0.39, 0.29) is 0 Å². The lowest BCUT2D eigenvalue weighted by Crippen LogP contribution is -2.08. The second-order valence-electron chi connectivity index (χ2n) is 3.33. The van der Waals surface area contributed by atoms with Crippen LogP contribution in [0.4, 0.5) is 0 Å². The van der Waals surface area contributed by atoms with E-state index in [9.17, 15) is 0 Å². The highest BCUT2D eigenvalue weighted by Gasteiger charge is 2.20. The zero-order chi connectivity index (χ0) is 9.26. The van der Waals surface area contributed by atoms with Crippen LogP contribution in [-0.4, -0.2) is 13.1 Å². The Kier molecular flexibility index (Phi) is 2.92. The van der Waals surface area contributed by atoms with Gasteiger partial charge in [-0.25, -0.2) is 0 Å². The largest absolute Gasteiger partial charge is 0.316 e. The van der Waals surface area contributed by atoms with Crippen molar-refractivity contribution in [3.8, 4) is 0 Å². The molecule has 0 aromatic heterocycles. The highest BCUT2D eigenvalue weighted by Crippen LogP contribution is 2.34. The third kappa shape index (κ3) is 1.90. The van der Waals surface area contributed by atoms with Gasteiger partial charge >= 0.3 is 0 Å². The predicted molar refractivity (Wildman–Crippen MR) is 59.4 cm³/mol. The Bertz CT molecular complexity index is 288. The number of hydrogen-bond donors (Lipinski definition) is 1. The second kappa shape index (κ2) is 3.99. The maximum absolute atomic E-state index is 6.15. The standard InChI is InChI=1S/C10H11BrClN/c11-8-2-1-3-9(12)10(8)7-4-5-13-6-7/h1-3,7,13H,4-6H2. The van der Waals surface area contributed by atoms with Gasteiger partial charge in [0.2, 0.25) is 0 Å². The summed E-state index contributed by atoms with van der Waals surface area (Å²) in [7, 11) is 0. The summed E-state index contributed by atoms with van der Waals surface area (Å²) in [6, 6.07) is 5.98. The Balaban J connectivity index is 2.37. The number of benzene rings is 1. The van der Waals surface area contributed by atoms with Crippen molar-refractivity contribution in [2.75, 3.05) is 13.1 Å². The van der Waals surface area contributed by atoms with E-state index in [1.807, 2.05) is 12.1 Å². The summed E-state index contributed by atoms with van der Waals surface area (Å²) in [4.78, 5) is 0. The molecular weight excluding hydrogens is 249 g/mol. The summed E-state index contributed by atoms with van der Waals surface area (Å²) >= 11 is 9.70. The molecule has 1 aromatic carbocycles. The van der Waals surface area contributed by atoms with Crippen LogP contribution in [0.1, 0.15) is 17.9 Å². The van der Waals surface area contributed by atoms with Gasteiger partial charge in [-0.3, -0.25) is 0 Å². The first kappa shape index (κ1) is 9.50. The summed E-state index contributed by atoms with van der Waals surface area (Å²) in [6.45, 7) is 2.14. The van der Waals surface area contributed by atoms with E-state index in [1.54, 1.807) is 0 Å². The molecule has 3 heteroatoms. The minimum atomic E-state index is 0.572. The molecule has 0 bridgehead atoms. The minimum absolute atomic E-state index is 0.572. The van der Waals surface area contributed by atoms with E-state index in [0.29, 0.717) is 5.92 Å². The van der Waals surface area contributed by atoms with Gasteiger partial charge in [0.1, 0.15) is 0 Å². The molecule has 1 aliphatic heterocycles. The SMILES string of the molecule is Clc1cccc(Br)c1C1CCNC1. The normalized spacial score (nSPS) is 22.2. The van der Waals surface area contributed by atoms with Crippen LogP contribution in [0.25, 0.3) is 0 Å². The summed E-state index contributed by atoms with van der Waals surface area (Å²) in [5.41, 5.74) is 1.26. The highest BCUT2D eigenvalue weighted by molar-refractivity contribution is 9.10. The van der Waals surface area contributed by atoms with E-state index in [4.69, 9.17) is 11.6 Å². The van der Waals surface area contributed by atoms with Gasteiger partial charge in [-0.05, 0) is 30.7 Å². The van der Waals surface area contributed by atoms with Gasteiger partial charge in [0.25, 0.3) is 0 Å². The monoisotopic (exact) mass is 259 g/mol. The maximum Gasteiger partial charge on any atom is 0.0452 e. The molecule has 1 fully saturated rings. The lowest BCUT2D eigenvalue weighted by atomic mass is 9.98. The predicted octanol–water partition coefficient (Wildman–Crippen LogP) is 3.18. The Morgan fingerprint density at radius 1 is 1.46 bits per heavy atom. The highest BCUT2D eigenvalue weighted by atomic mass is 79.9. The molecule has 1 aromatic rings. The fraction of sp³-hybridized carbons (Fsp3) is 0.400. The van der Waals surface area contributed by atoms with Crippen molar-refractivity contribution in [2.45, 2.75) is 12.3 Å². The summed E-state index contributed by atoms with van der Waals surface area (Å²) in [5, 5.41) is 4.22. The Hall–Kier alpha value is -0.0500. The van der Waals surface area contributed by atoms with Crippen molar-refractivity contribution in [3.63, 3.8) is 0 Å². The van der Waals surface area contributed by atoms with Crippen molar-refractivity contribution in [2.24, 2.45) is 0 Å². The Morgan fingerprint density at radius 3 is 2.92 bits per heavy atom. The van der Waals surface area contributed by atoms with Gasteiger partial charge in [-0.15, -0.1) is 0 Å². The first-order valence-electron chi connectivity index (χ1n) is 4.43. The van der Waals surface area contributed by atoms with Crippen LogP contribution in [0.3, 0.4) is 0 Å². The third-order valence-corrected chi connectivity index (χ3v) is 3.49. The van der Waals surface area contributed by atoms with Crippen molar-refractivity contribution in [1.82, 2.24) is 5.32 Å². The van der Waals surface area contributed by atoms with Gasteiger partial charge in [0.15, 0.2) is 0 Å². The molecule has 0 saturated carbocycles. The topological polar surface area (TPSA) is 12.0 Å². The van der Waals surface area contributed by atoms with Crippen molar-refractivity contribution < 1.29 is 0 Å². The quantitative estimate of drug-likeness (QED) is 0.818. The molecule has 1 N–H and O–H groups in total. The van der Waals surface area contributed by atoms with Gasteiger partial charge in [-0.2, -0.15) is 0 Å². The van der Waals surface area contributed by atoms with Gasteiger partial charge < -0.3 is 5.32 Å². The van der Waals surface area contributed by atoms with E-state index < -0.39 is 0 Å². The Morgan fingerprint density at radius 2 is 2.31 bits per heavy atom. The first-order valence-corrected chi connectivity index (χ1v) is 5.61. The number of rotatable bonds is 1. The van der Waals surface area contributed by atoms with Crippen molar-refractivity contribution >= 4 is 27.5 Å². The molecule has 0 amide bonds. The zero-order valence-corrected chi connectivity index (χ0v) is 9.53. The van der Waals surface area contributed by atoms with Crippen LogP contribution in [0.5, 0.6) is 0 Å². The van der Waals surface area contributed by atoms with Gasteiger partial charge in [0, 0.05) is 22.0 Å². The molecule has 1 heterocycles. The van der Waals surface area contributed by atoms with Crippen LogP contribution in [0, 0.1) is 0 Å². The number of halogens is 2. The molecule has 70 valence electrons. The van der Waals surface area contributed by atoms with E-state index >= 15 is 0 Å². The van der Waals surface area contributed by atoms with E-state index in [1.165, 1.54) is 12.0 Å². The zero-order valence-electron chi connectivity index (χ0n) is 7.19. The lowest BCUT2D eigenvalue weighted by Gasteiger charge is -2.12. The lowest BCUT2D eigenvalue weighted by molar-refractivity contribution is 0.760. The second-order valence-corrected chi connectivity index (χ2v) is 4.59. The average molecular weight is 261 g/mol. The van der Waals surface area contributed by atoms with Crippen molar-refractivity contribution in [1.29, 1.82) is 0 Å². The fourth-order valence-electron chi connectivity index (χ4n) is 1.80. The van der Waals surface area contributed by atoms with Gasteiger partial charge in [0.05, 0.1) is 0 Å². The molecule has 1 saturated heterocycles. The molecular formula is C10H11BrClN. The van der Waals surface area contributed by atoms with Crippen LogP contribution in [0.15, 0.2) is 22.7 Å². The number of hydrogen-bond acceptors (Lipinski definition) is 1. The van der Waals surface area contributed by atoms with Gasteiger partial charge in [-0.1, -0.05) is 33.6 Å². The maximum atomic E-state index is 6.15. The number of nitrogens with one attached hydrogen (secondary N) is 1. The third-order valence-electron chi connectivity index (χ3n) is 2.47. The average Bonchev–Trinajstić information content (AvgIpc) is 2.57. The summed E-state index contributed by atoms with van der Waals surface area (Å²) in [5.74, 6) is 0.572. The molecule has 13 heavy (non-hydrogen) atoms. The molecule has 2 rings (SSSR count). The van der Waals surface area contributed by atoms with Crippen LogP contribution < -0.4 is 5.32 Å².